The maximum atomic E-state index is 9.22. The molecule has 0 aromatic heterocycles. The van der Waals surface area contributed by atoms with Crippen molar-refractivity contribution in [2.24, 2.45) is 16.8 Å². The molecule has 0 bridgehead atoms. The molecule has 1 heterocycles. The van der Waals surface area contributed by atoms with Crippen LogP contribution in [0.15, 0.2) is 4.99 Å². The highest BCUT2D eigenvalue weighted by atomic mass is 127. The Morgan fingerprint density at radius 1 is 1.17 bits per heavy atom. The Morgan fingerprint density at radius 3 is 2.46 bits per heavy atom. The van der Waals surface area contributed by atoms with Gasteiger partial charge in [-0.3, -0.25) is 4.99 Å². The summed E-state index contributed by atoms with van der Waals surface area (Å²) in [6.45, 7) is 13.0. The molecule has 5 nitrogen and oxygen atoms in total. The van der Waals surface area contributed by atoms with Crippen LogP contribution in [-0.4, -0.2) is 61.8 Å². The fourth-order valence-corrected chi connectivity index (χ4v) is 3.21. The standard InChI is InChI=1S/C18H38N4O.HI/c1-4-19-18(20-9-12-22-10-6-5-7-11-22)21-15-17(8-13-23)14-16(2)3;/h16-17,23H,4-15H2,1-3H3,(H2,19,20,21);1H. The molecule has 144 valence electrons. The van der Waals surface area contributed by atoms with Crippen molar-refractivity contribution >= 4 is 29.9 Å². The lowest BCUT2D eigenvalue weighted by molar-refractivity contribution is 0.232. The number of hydrogen-bond donors (Lipinski definition) is 3. The van der Waals surface area contributed by atoms with Gasteiger partial charge in [0.25, 0.3) is 0 Å². The molecule has 0 aromatic carbocycles. The summed E-state index contributed by atoms with van der Waals surface area (Å²) in [5.41, 5.74) is 0. The van der Waals surface area contributed by atoms with Gasteiger partial charge in [-0.15, -0.1) is 24.0 Å². The highest BCUT2D eigenvalue weighted by Gasteiger charge is 2.11. The Bertz CT molecular complexity index is 320. The quantitative estimate of drug-likeness (QED) is 0.270. The Labute approximate surface area is 166 Å². The molecule has 1 fully saturated rings. The molecule has 0 spiro atoms. The number of likely N-dealkylation sites (tertiary alicyclic amines) is 1. The van der Waals surface area contributed by atoms with Crippen molar-refractivity contribution in [2.45, 2.75) is 52.9 Å². The zero-order valence-corrected chi connectivity index (χ0v) is 18.2. The minimum Gasteiger partial charge on any atom is -0.396 e. The van der Waals surface area contributed by atoms with Gasteiger partial charge in [0.2, 0.25) is 0 Å². The van der Waals surface area contributed by atoms with Crippen LogP contribution >= 0.6 is 24.0 Å². The van der Waals surface area contributed by atoms with E-state index in [2.05, 4.69) is 36.3 Å². The molecule has 6 heteroatoms. The third-order valence-electron chi connectivity index (χ3n) is 4.36. The lowest BCUT2D eigenvalue weighted by atomic mass is 9.94. The van der Waals surface area contributed by atoms with Gasteiger partial charge in [0.05, 0.1) is 0 Å². The Hall–Kier alpha value is -0.0800. The Morgan fingerprint density at radius 2 is 1.88 bits per heavy atom. The zero-order valence-electron chi connectivity index (χ0n) is 15.9. The second kappa shape index (κ2) is 15.2. The molecule has 0 aliphatic carbocycles. The summed E-state index contributed by atoms with van der Waals surface area (Å²) in [5.74, 6) is 2.03. The Balaban J connectivity index is 0.00000529. The summed E-state index contributed by atoms with van der Waals surface area (Å²) in [6, 6.07) is 0. The molecular formula is C18H39IN4O. The number of piperidine rings is 1. The van der Waals surface area contributed by atoms with Gasteiger partial charge in [-0.2, -0.15) is 0 Å². The van der Waals surface area contributed by atoms with E-state index in [0.717, 1.165) is 45.0 Å². The van der Waals surface area contributed by atoms with Crippen molar-refractivity contribution in [1.29, 1.82) is 0 Å². The maximum absolute atomic E-state index is 9.22. The molecule has 1 aliphatic rings. The number of nitrogens with one attached hydrogen (secondary N) is 2. The molecule has 24 heavy (non-hydrogen) atoms. The molecule has 1 rings (SSSR count). The van der Waals surface area contributed by atoms with E-state index < -0.39 is 0 Å². The van der Waals surface area contributed by atoms with E-state index in [-0.39, 0.29) is 30.6 Å². The minimum atomic E-state index is 0. The average Bonchev–Trinajstić information content (AvgIpc) is 2.53. The number of aliphatic hydroxyl groups excluding tert-OH is 1. The van der Waals surface area contributed by atoms with Gasteiger partial charge in [0.15, 0.2) is 5.96 Å². The van der Waals surface area contributed by atoms with Crippen molar-refractivity contribution in [3.63, 3.8) is 0 Å². The summed E-state index contributed by atoms with van der Waals surface area (Å²) < 4.78 is 0. The summed E-state index contributed by atoms with van der Waals surface area (Å²) in [5, 5.41) is 16.0. The fraction of sp³-hybridized carbons (Fsp3) is 0.944. The molecule has 0 saturated carbocycles. The predicted molar refractivity (Wildman–Crippen MR) is 114 cm³/mol. The van der Waals surface area contributed by atoms with E-state index in [1.807, 2.05) is 0 Å². The van der Waals surface area contributed by atoms with Gasteiger partial charge in [0, 0.05) is 32.8 Å². The first-order valence-corrected chi connectivity index (χ1v) is 9.51. The van der Waals surface area contributed by atoms with Crippen LogP contribution in [0.2, 0.25) is 0 Å². The molecule has 1 aliphatic heterocycles. The number of halogens is 1. The topological polar surface area (TPSA) is 59.9 Å². The van der Waals surface area contributed by atoms with Gasteiger partial charge in [-0.05, 0) is 57.5 Å². The molecular weight excluding hydrogens is 415 g/mol. The SMILES string of the molecule is CCNC(=NCC(CCO)CC(C)C)NCCN1CCCCC1.I. The third kappa shape index (κ3) is 11.5. The van der Waals surface area contributed by atoms with Gasteiger partial charge in [0.1, 0.15) is 0 Å². The monoisotopic (exact) mass is 454 g/mol. The van der Waals surface area contributed by atoms with Crippen LogP contribution in [0.1, 0.15) is 52.9 Å². The molecule has 0 radical (unpaired) electrons. The first-order chi connectivity index (χ1) is 11.2. The molecule has 1 atom stereocenters. The second-order valence-electron chi connectivity index (χ2n) is 7.06. The highest BCUT2D eigenvalue weighted by Crippen LogP contribution is 2.15. The van der Waals surface area contributed by atoms with Crippen LogP contribution in [0.3, 0.4) is 0 Å². The Kier molecular flexibility index (Phi) is 15.1. The smallest absolute Gasteiger partial charge is 0.191 e. The molecule has 3 N–H and O–H groups in total. The summed E-state index contributed by atoms with van der Waals surface area (Å²) in [4.78, 5) is 7.27. The summed E-state index contributed by atoms with van der Waals surface area (Å²) >= 11 is 0. The van der Waals surface area contributed by atoms with Crippen molar-refractivity contribution in [3.8, 4) is 0 Å². The summed E-state index contributed by atoms with van der Waals surface area (Å²) in [6.07, 6.45) is 6.03. The van der Waals surface area contributed by atoms with Crippen LogP contribution in [0.25, 0.3) is 0 Å². The molecule has 1 saturated heterocycles. The third-order valence-corrected chi connectivity index (χ3v) is 4.36. The zero-order chi connectivity index (χ0) is 16.9. The number of rotatable bonds is 10. The first-order valence-electron chi connectivity index (χ1n) is 9.51. The molecule has 0 amide bonds. The van der Waals surface area contributed by atoms with E-state index in [9.17, 15) is 5.11 Å². The van der Waals surface area contributed by atoms with Crippen LogP contribution < -0.4 is 10.6 Å². The predicted octanol–water partition coefficient (Wildman–Crippen LogP) is 2.69. The minimum absolute atomic E-state index is 0. The van der Waals surface area contributed by atoms with E-state index in [1.54, 1.807) is 0 Å². The maximum Gasteiger partial charge on any atom is 0.191 e. The van der Waals surface area contributed by atoms with E-state index in [0.29, 0.717) is 11.8 Å². The van der Waals surface area contributed by atoms with Crippen molar-refractivity contribution < 1.29 is 5.11 Å². The largest absolute Gasteiger partial charge is 0.396 e. The molecule has 1 unspecified atom stereocenters. The van der Waals surface area contributed by atoms with Gasteiger partial charge >= 0.3 is 0 Å². The van der Waals surface area contributed by atoms with Gasteiger partial charge < -0.3 is 20.6 Å². The number of nitrogens with zero attached hydrogens (tertiary/aromatic N) is 2. The lowest BCUT2D eigenvalue weighted by Crippen LogP contribution is -2.42. The van der Waals surface area contributed by atoms with Crippen LogP contribution in [0, 0.1) is 11.8 Å². The van der Waals surface area contributed by atoms with Crippen LogP contribution in [-0.2, 0) is 0 Å². The van der Waals surface area contributed by atoms with Crippen LogP contribution in [0.5, 0.6) is 0 Å². The molecule has 0 aromatic rings. The first kappa shape index (κ1) is 23.9. The second-order valence-corrected chi connectivity index (χ2v) is 7.06. The number of hydrogen-bond acceptors (Lipinski definition) is 3. The fourth-order valence-electron chi connectivity index (χ4n) is 3.21. The van der Waals surface area contributed by atoms with E-state index >= 15 is 0 Å². The highest BCUT2D eigenvalue weighted by molar-refractivity contribution is 14.0. The van der Waals surface area contributed by atoms with E-state index in [1.165, 1.54) is 32.4 Å². The van der Waals surface area contributed by atoms with Crippen molar-refractivity contribution in [1.82, 2.24) is 15.5 Å². The van der Waals surface area contributed by atoms with E-state index in [4.69, 9.17) is 4.99 Å². The number of guanidine groups is 1. The number of aliphatic imine (C=N–C) groups is 1. The van der Waals surface area contributed by atoms with Gasteiger partial charge in [-0.25, -0.2) is 0 Å². The van der Waals surface area contributed by atoms with Gasteiger partial charge in [-0.1, -0.05) is 20.3 Å². The average molecular weight is 454 g/mol. The normalized spacial score (nSPS) is 17.5. The van der Waals surface area contributed by atoms with Crippen molar-refractivity contribution in [3.05, 3.63) is 0 Å². The lowest BCUT2D eigenvalue weighted by Gasteiger charge is -2.26. The number of aliphatic hydroxyl groups is 1. The summed E-state index contributed by atoms with van der Waals surface area (Å²) in [7, 11) is 0. The van der Waals surface area contributed by atoms with Crippen molar-refractivity contribution in [2.75, 3.05) is 45.9 Å². The van der Waals surface area contributed by atoms with Crippen LogP contribution in [0.4, 0.5) is 0 Å².